The highest BCUT2D eigenvalue weighted by Crippen LogP contribution is 2.33. The van der Waals surface area contributed by atoms with Crippen LogP contribution in [0.25, 0.3) is 11.0 Å². The van der Waals surface area contributed by atoms with Crippen molar-refractivity contribution < 1.29 is 17.9 Å². The highest BCUT2D eigenvalue weighted by molar-refractivity contribution is 7.98. The van der Waals surface area contributed by atoms with E-state index >= 15 is 0 Å². The number of alkyl halides is 3. The van der Waals surface area contributed by atoms with Gasteiger partial charge in [0.1, 0.15) is 28.2 Å². The third kappa shape index (κ3) is 4.83. The molecule has 0 spiro atoms. The Morgan fingerprint density at radius 2 is 1.76 bits per heavy atom. The summed E-state index contributed by atoms with van der Waals surface area (Å²) in [5.41, 5.74) is 0.502. The molecule has 0 aliphatic rings. The number of para-hydroxylation sites is 1. The third-order valence-corrected chi connectivity index (χ3v) is 5.10. The molecule has 0 saturated carbocycles. The standard InChI is InChI=1S/C20H13ClF3N3OS/c21-18-10-14(9-17(27-18)20(22,23)24)29-11-19-25-15-7-6-13(8-16(15)26-19)28-12-4-2-1-3-5-12/h1-10H,11H2,(H,25,26). The van der Waals surface area contributed by atoms with Crippen LogP contribution in [0, 0.1) is 0 Å². The van der Waals surface area contributed by atoms with Gasteiger partial charge in [-0.3, -0.25) is 0 Å². The molecule has 0 aliphatic carbocycles. The van der Waals surface area contributed by atoms with Crippen molar-refractivity contribution in [1.29, 1.82) is 0 Å². The van der Waals surface area contributed by atoms with Crippen molar-refractivity contribution in [2.75, 3.05) is 0 Å². The lowest BCUT2D eigenvalue weighted by Crippen LogP contribution is -2.08. The number of hydrogen-bond acceptors (Lipinski definition) is 4. The Morgan fingerprint density at radius 1 is 0.966 bits per heavy atom. The first-order valence-corrected chi connectivity index (χ1v) is 9.82. The van der Waals surface area contributed by atoms with E-state index in [0.717, 1.165) is 22.8 Å². The van der Waals surface area contributed by atoms with Crippen molar-refractivity contribution in [2.45, 2.75) is 16.8 Å². The van der Waals surface area contributed by atoms with Gasteiger partial charge in [0.25, 0.3) is 0 Å². The molecular formula is C20H13ClF3N3OS. The summed E-state index contributed by atoms with van der Waals surface area (Å²) in [6.07, 6.45) is -4.55. The lowest BCUT2D eigenvalue weighted by Gasteiger charge is -2.08. The van der Waals surface area contributed by atoms with Crippen LogP contribution >= 0.6 is 23.4 Å². The van der Waals surface area contributed by atoms with E-state index in [-0.39, 0.29) is 5.15 Å². The minimum absolute atomic E-state index is 0.199. The van der Waals surface area contributed by atoms with Gasteiger partial charge in [-0.05, 0) is 36.4 Å². The lowest BCUT2D eigenvalue weighted by atomic mass is 10.3. The van der Waals surface area contributed by atoms with Crippen molar-refractivity contribution in [3.8, 4) is 11.5 Å². The molecule has 2 heterocycles. The van der Waals surface area contributed by atoms with Gasteiger partial charge in [-0.25, -0.2) is 9.97 Å². The molecule has 148 valence electrons. The van der Waals surface area contributed by atoms with Gasteiger partial charge < -0.3 is 9.72 Å². The molecule has 0 radical (unpaired) electrons. The summed E-state index contributed by atoms with van der Waals surface area (Å²) in [7, 11) is 0. The lowest BCUT2D eigenvalue weighted by molar-refractivity contribution is -0.141. The number of halogens is 4. The van der Waals surface area contributed by atoms with Gasteiger partial charge >= 0.3 is 6.18 Å². The second kappa shape index (κ2) is 7.96. The predicted molar refractivity (Wildman–Crippen MR) is 106 cm³/mol. The molecule has 0 atom stereocenters. The van der Waals surface area contributed by atoms with E-state index in [1.807, 2.05) is 48.5 Å². The molecule has 0 amide bonds. The normalized spacial score (nSPS) is 11.7. The molecule has 29 heavy (non-hydrogen) atoms. The van der Waals surface area contributed by atoms with Crippen molar-refractivity contribution in [3.05, 3.63) is 77.3 Å². The topological polar surface area (TPSA) is 50.8 Å². The Hall–Kier alpha value is -2.71. The highest BCUT2D eigenvalue weighted by Gasteiger charge is 2.33. The number of hydrogen-bond donors (Lipinski definition) is 1. The Morgan fingerprint density at radius 3 is 2.52 bits per heavy atom. The van der Waals surface area contributed by atoms with Gasteiger partial charge in [0, 0.05) is 11.0 Å². The van der Waals surface area contributed by atoms with Gasteiger partial charge in [0.2, 0.25) is 0 Å². The first-order chi connectivity index (χ1) is 13.9. The van der Waals surface area contributed by atoms with E-state index < -0.39 is 11.9 Å². The molecule has 4 rings (SSSR count). The van der Waals surface area contributed by atoms with E-state index in [2.05, 4.69) is 15.0 Å². The van der Waals surface area contributed by atoms with Crippen LogP contribution in [0.15, 0.2) is 65.6 Å². The molecule has 0 saturated heterocycles. The summed E-state index contributed by atoms with van der Waals surface area (Å²) in [6, 6.07) is 17.2. The monoisotopic (exact) mass is 435 g/mol. The van der Waals surface area contributed by atoms with Crippen LogP contribution in [-0.2, 0) is 11.9 Å². The van der Waals surface area contributed by atoms with Crippen LogP contribution < -0.4 is 4.74 Å². The molecule has 0 fully saturated rings. The van der Waals surface area contributed by atoms with E-state index in [9.17, 15) is 13.2 Å². The van der Waals surface area contributed by atoms with E-state index in [1.165, 1.54) is 17.8 Å². The maximum atomic E-state index is 12.9. The first kappa shape index (κ1) is 19.6. The minimum atomic E-state index is -4.55. The van der Waals surface area contributed by atoms with E-state index in [1.54, 1.807) is 0 Å². The smallest absolute Gasteiger partial charge is 0.433 e. The number of pyridine rings is 1. The third-order valence-electron chi connectivity index (χ3n) is 3.91. The number of rotatable bonds is 5. The number of benzene rings is 2. The Bertz CT molecular complexity index is 1150. The zero-order valence-electron chi connectivity index (χ0n) is 14.7. The second-order valence-corrected chi connectivity index (χ2v) is 7.51. The molecule has 0 aliphatic heterocycles. The highest BCUT2D eigenvalue weighted by atomic mass is 35.5. The molecule has 0 unspecified atom stereocenters. The molecule has 2 aromatic heterocycles. The molecule has 4 nitrogen and oxygen atoms in total. The van der Waals surface area contributed by atoms with E-state index in [4.69, 9.17) is 16.3 Å². The number of fused-ring (bicyclic) bond motifs is 1. The fraction of sp³-hybridized carbons (Fsp3) is 0.100. The van der Waals surface area contributed by atoms with Crippen LogP contribution in [0.5, 0.6) is 11.5 Å². The number of H-pyrrole nitrogens is 1. The van der Waals surface area contributed by atoms with Gasteiger partial charge in [-0.1, -0.05) is 29.8 Å². The summed E-state index contributed by atoms with van der Waals surface area (Å²) in [5.74, 6) is 2.35. The van der Waals surface area contributed by atoms with E-state index in [0.29, 0.717) is 22.2 Å². The number of nitrogens with zero attached hydrogens (tertiary/aromatic N) is 2. The second-order valence-electron chi connectivity index (χ2n) is 6.07. The SMILES string of the molecule is FC(F)(F)c1cc(SCc2nc3ccc(Oc4ccccc4)cc3[nH]2)cc(Cl)n1. The van der Waals surface area contributed by atoms with Crippen molar-refractivity contribution in [2.24, 2.45) is 0 Å². The maximum Gasteiger partial charge on any atom is 0.433 e. The summed E-state index contributed by atoms with van der Waals surface area (Å²) < 4.78 is 44.5. The molecular weight excluding hydrogens is 423 g/mol. The van der Waals surface area contributed by atoms with Gasteiger partial charge in [0.05, 0.1) is 16.8 Å². The Labute approximate surface area is 173 Å². The fourth-order valence-electron chi connectivity index (χ4n) is 2.65. The summed E-state index contributed by atoms with van der Waals surface area (Å²) in [5, 5.41) is -0.199. The summed E-state index contributed by atoms with van der Waals surface area (Å²) in [4.78, 5) is 11.3. The zero-order chi connectivity index (χ0) is 20.4. The minimum Gasteiger partial charge on any atom is -0.457 e. The van der Waals surface area contributed by atoms with Gasteiger partial charge in [-0.2, -0.15) is 13.2 Å². The van der Waals surface area contributed by atoms with Crippen molar-refractivity contribution in [1.82, 2.24) is 15.0 Å². The first-order valence-electron chi connectivity index (χ1n) is 8.46. The van der Waals surface area contributed by atoms with Crippen LogP contribution in [0.2, 0.25) is 5.15 Å². The van der Waals surface area contributed by atoms with Gasteiger partial charge in [-0.15, -0.1) is 11.8 Å². The van der Waals surface area contributed by atoms with Crippen LogP contribution in [-0.4, -0.2) is 15.0 Å². The summed E-state index contributed by atoms with van der Waals surface area (Å²) in [6.45, 7) is 0. The fourth-order valence-corrected chi connectivity index (χ4v) is 3.76. The quantitative estimate of drug-likeness (QED) is 0.279. The maximum absolute atomic E-state index is 12.9. The number of aromatic amines is 1. The average Bonchev–Trinajstić information content (AvgIpc) is 3.08. The number of ether oxygens (including phenoxy) is 1. The number of thioether (sulfide) groups is 1. The molecule has 2 aromatic carbocycles. The molecule has 4 aromatic rings. The van der Waals surface area contributed by atoms with Crippen LogP contribution in [0.1, 0.15) is 11.5 Å². The number of aromatic nitrogens is 3. The van der Waals surface area contributed by atoms with Gasteiger partial charge in [0.15, 0.2) is 0 Å². The Kier molecular flexibility index (Phi) is 5.38. The molecule has 0 bridgehead atoms. The van der Waals surface area contributed by atoms with Crippen molar-refractivity contribution in [3.63, 3.8) is 0 Å². The largest absolute Gasteiger partial charge is 0.457 e. The number of imidazole rings is 1. The van der Waals surface area contributed by atoms with Crippen LogP contribution in [0.3, 0.4) is 0 Å². The predicted octanol–water partition coefficient (Wildman–Crippen LogP) is 6.71. The zero-order valence-corrected chi connectivity index (χ0v) is 16.3. The Balaban J connectivity index is 1.50. The number of nitrogens with one attached hydrogen (secondary N) is 1. The van der Waals surface area contributed by atoms with Crippen molar-refractivity contribution >= 4 is 34.4 Å². The van der Waals surface area contributed by atoms with Crippen LogP contribution in [0.4, 0.5) is 13.2 Å². The molecule has 9 heteroatoms. The average molecular weight is 436 g/mol. The molecule has 1 N–H and O–H groups in total. The summed E-state index contributed by atoms with van der Waals surface area (Å²) >= 11 is 6.91.